The number of fused-ring (bicyclic) bond motifs is 1. The van der Waals surface area contributed by atoms with Crippen LogP contribution in [0.2, 0.25) is 0 Å². The van der Waals surface area contributed by atoms with Crippen LogP contribution in [0.1, 0.15) is 35.9 Å². The summed E-state index contributed by atoms with van der Waals surface area (Å²) in [5.74, 6) is 0. The summed E-state index contributed by atoms with van der Waals surface area (Å²) in [6, 6.07) is 9.50. The lowest BCUT2D eigenvalue weighted by Crippen LogP contribution is -2.50. The van der Waals surface area contributed by atoms with Crippen LogP contribution in [0.4, 0.5) is 5.69 Å². The highest BCUT2D eigenvalue weighted by Gasteiger charge is 2.26. The van der Waals surface area contributed by atoms with E-state index in [1.165, 1.54) is 80.2 Å². The maximum Gasteiger partial charge on any atom is 0.0797 e. The zero-order valence-corrected chi connectivity index (χ0v) is 18.3. The number of para-hydroxylation sites is 1. The highest BCUT2D eigenvalue weighted by atomic mass is 32.1. The molecule has 0 bridgehead atoms. The van der Waals surface area contributed by atoms with Crippen LogP contribution < -0.4 is 4.90 Å². The van der Waals surface area contributed by atoms with E-state index in [1.807, 2.05) is 16.8 Å². The SMILES string of the molecule is CCCN(CCN1CCN(c2ccccc2C)CC1)C1CCc2ncsc2C1. The van der Waals surface area contributed by atoms with Crippen LogP contribution in [0.3, 0.4) is 0 Å². The Hall–Kier alpha value is -1.43. The van der Waals surface area contributed by atoms with Gasteiger partial charge in [0, 0.05) is 55.9 Å². The van der Waals surface area contributed by atoms with Crippen LogP contribution in [-0.4, -0.2) is 66.6 Å². The molecule has 5 heteroatoms. The molecule has 1 aliphatic carbocycles. The van der Waals surface area contributed by atoms with Gasteiger partial charge >= 0.3 is 0 Å². The Morgan fingerprint density at radius 2 is 1.96 bits per heavy atom. The molecule has 1 aliphatic heterocycles. The first kappa shape index (κ1) is 19.9. The number of thiazole rings is 1. The van der Waals surface area contributed by atoms with Crippen LogP contribution in [-0.2, 0) is 12.8 Å². The van der Waals surface area contributed by atoms with E-state index in [-0.39, 0.29) is 0 Å². The van der Waals surface area contributed by atoms with Crippen molar-refractivity contribution in [3.63, 3.8) is 0 Å². The smallest absolute Gasteiger partial charge is 0.0797 e. The van der Waals surface area contributed by atoms with Gasteiger partial charge in [0.25, 0.3) is 0 Å². The predicted octanol–water partition coefficient (Wildman–Crippen LogP) is 3.84. The molecule has 152 valence electrons. The number of benzene rings is 1. The minimum Gasteiger partial charge on any atom is -0.369 e. The molecule has 4 rings (SSSR count). The molecule has 2 aliphatic rings. The summed E-state index contributed by atoms with van der Waals surface area (Å²) in [4.78, 5) is 14.1. The van der Waals surface area contributed by atoms with Gasteiger partial charge in [-0.1, -0.05) is 25.1 Å². The molecular formula is C23H34N4S. The van der Waals surface area contributed by atoms with Crippen LogP contribution in [0.15, 0.2) is 29.8 Å². The molecule has 1 atom stereocenters. The van der Waals surface area contributed by atoms with Crippen molar-refractivity contribution in [2.24, 2.45) is 0 Å². The fourth-order valence-electron chi connectivity index (χ4n) is 4.76. The van der Waals surface area contributed by atoms with E-state index < -0.39 is 0 Å². The Labute approximate surface area is 174 Å². The highest BCUT2D eigenvalue weighted by Crippen LogP contribution is 2.27. The number of nitrogens with zero attached hydrogens (tertiary/aromatic N) is 4. The molecule has 1 unspecified atom stereocenters. The minimum atomic E-state index is 0.709. The van der Waals surface area contributed by atoms with E-state index in [2.05, 4.69) is 57.8 Å². The largest absolute Gasteiger partial charge is 0.369 e. The monoisotopic (exact) mass is 398 g/mol. The lowest BCUT2D eigenvalue weighted by atomic mass is 9.96. The molecule has 2 aromatic rings. The molecular weight excluding hydrogens is 364 g/mol. The number of piperazine rings is 1. The normalized spacial score (nSPS) is 20.5. The summed E-state index contributed by atoms with van der Waals surface area (Å²) in [5.41, 5.74) is 6.21. The van der Waals surface area contributed by atoms with Crippen molar-refractivity contribution in [3.05, 3.63) is 45.9 Å². The van der Waals surface area contributed by atoms with Crippen molar-refractivity contribution in [3.8, 4) is 0 Å². The number of hydrogen-bond donors (Lipinski definition) is 0. The van der Waals surface area contributed by atoms with Gasteiger partial charge in [0.15, 0.2) is 0 Å². The van der Waals surface area contributed by atoms with E-state index in [9.17, 15) is 0 Å². The average molecular weight is 399 g/mol. The lowest BCUT2D eigenvalue weighted by molar-refractivity contribution is 0.146. The molecule has 0 radical (unpaired) electrons. The summed E-state index contributed by atoms with van der Waals surface area (Å²) >= 11 is 1.86. The molecule has 1 fully saturated rings. The fourth-order valence-corrected chi connectivity index (χ4v) is 5.65. The fraction of sp³-hybridized carbons (Fsp3) is 0.609. The van der Waals surface area contributed by atoms with Gasteiger partial charge in [-0.15, -0.1) is 11.3 Å². The summed E-state index contributed by atoms with van der Waals surface area (Å²) in [6.45, 7) is 12.8. The van der Waals surface area contributed by atoms with Crippen LogP contribution in [0.5, 0.6) is 0 Å². The third-order valence-electron chi connectivity index (χ3n) is 6.42. The second-order valence-electron chi connectivity index (χ2n) is 8.27. The molecule has 4 nitrogen and oxygen atoms in total. The first-order chi connectivity index (χ1) is 13.7. The van der Waals surface area contributed by atoms with Gasteiger partial charge in [-0.2, -0.15) is 0 Å². The zero-order valence-electron chi connectivity index (χ0n) is 17.4. The second-order valence-corrected chi connectivity index (χ2v) is 9.21. The Balaban J connectivity index is 1.28. The molecule has 0 amide bonds. The van der Waals surface area contributed by atoms with Gasteiger partial charge in [-0.3, -0.25) is 9.80 Å². The Bertz CT molecular complexity index is 751. The Morgan fingerprint density at radius 1 is 1.14 bits per heavy atom. The summed E-state index contributed by atoms with van der Waals surface area (Å²) < 4.78 is 0. The average Bonchev–Trinajstić information content (AvgIpc) is 3.20. The van der Waals surface area contributed by atoms with E-state index in [4.69, 9.17) is 0 Å². The summed E-state index contributed by atoms with van der Waals surface area (Å²) in [5, 5.41) is 0. The predicted molar refractivity (Wildman–Crippen MR) is 120 cm³/mol. The minimum absolute atomic E-state index is 0.709. The van der Waals surface area contributed by atoms with Crippen LogP contribution in [0, 0.1) is 6.92 Å². The zero-order chi connectivity index (χ0) is 19.3. The van der Waals surface area contributed by atoms with Gasteiger partial charge in [0.05, 0.1) is 11.2 Å². The topological polar surface area (TPSA) is 22.6 Å². The van der Waals surface area contributed by atoms with Crippen LogP contribution >= 0.6 is 11.3 Å². The van der Waals surface area contributed by atoms with E-state index >= 15 is 0 Å². The van der Waals surface area contributed by atoms with Gasteiger partial charge in [0.2, 0.25) is 0 Å². The lowest BCUT2D eigenvalue weighted by Gasteiger charge is -2.39. The molecule has 1 aromatic carbocycles. The Morgan fingerprint density at radius 3 is 2.75 bits per heavy atom. The number of anilines is 1. The van der Waals surface area contributed by atoms with Crippen molar-refractivity contribution < 1.29 is 0 Å². The highest BCUT2D eigenvalue weighted by molar-refractivity contribution is 7.09. The van der Waals surface area contributed by atoms with E-state index in [0.717, 1.165) is 13.1 Å². The maximum absolute atomic E-state index is 4.54. The molecule has 0 saturated carbocycles. The van der Waals surface area contributed by atoms with Crippen molar-refractivity contribution in [2.75, 3.05) is 50.7 Å². The quantitative estimate of drug-likeness (QED) is 0.707. The molecule has 2 heterocycles. The summed E-state index contributed by atoms with van der Waals surface area (Å²) in [6.07, 6.45) is 4.89. The summed E-state index contributed by atoms with van der Waals surface area (Å²) in [7, 11) is 0. The van der Waals surface area contributed by atoms with E-state index in [0.29, 0.717) is 6.04 Å². The maximum atomic E-state index is 4.54. The number of hydrogen-bond acceptors (Lipinski definition) is 5. The van der Waals surface area contributed by atoms with Gasteiger partial charge in [-0.05, 0) is 50.8 Å². The first-order valence-corrected chi connectivity index (χ1v) is 11.8. The third-order valence-corrected chi connectivity index (χ3v) is 7.32. The van der Waals surface area contributed by atoms with Gasteiger partial charge < -0.3 is 4.90 Å². The van der Waals surface area contributed by atoms with Crippen molar-refractivity contribution in [2.45, 2.75) is 45.6 Å². The number of rotatable bonds is 7. The Kier molecular flexibility index (Phi) is 6.65. The standard InChI is InChI=1S/C23H34N4S/c1-3-10-26(20-8-9-21-23(17-20)28-18-24-21)14-11-25-12-15-27(16-13-25)22-7-5-4-6-19(22)2/h4-7,18,20H,3,8-17H2,1-2H3. The molecule has 0 spiro atoms. The van der Waals surface area contributed by atoms with Crippen LogP contribution in [0.25, 0.3) is 0 Å². The second kappa shape index (κ2) is 9.38. The number of aromatic nitrogens is 1. The third kappa shape index (κ3) is 4.58. The molecule has 1 saturated heterocycles. The molecule has 28 heavy (non-hydrogen) atoms. The molecule has 0 N–H and O–H groups in total. The van der Waals surface area contributed by atoms with Crippen molar-refractivity contribution >= 4 is 17.0 Å². The molecule has 1 aromatic heterocycles. The number of aryl methyl sites for hydroxylation is 2. The van der Waals surface area contributed by atoms with Gasteiger partial charge in [0.1, 0.15) is 0 Å². The first-order valence-electron chi connectivity index (χ1n) is 10.9. The van der Waals surface area contributed by atoms with E-state index in [1.54, 1.807) is 0 Å². The van der Waals surface area contributed by atoms with Crippen molar-refractivity contribution in [1.29, 1.82) is 0 Å². The van der Waals surface area contributed by atoms with Gasteiger partial charge in [-0.25, -0.2) is 4.98 Å². The van der Waals surface area contributed by atoms with Crippen molar-refractivity contribution in [1.82, 2.24) is 14.8 Å².